The monoisotopic (exact) mass is 170 g/mol. The zero-order valence-corrected chi connectivity index (χ0v) is 7.84. The quantitative estimate of drug-likeness (QED) is 0.724. The summed E-state index contributed by atoms with van der Waals surface area (Å²) in [4.78, 5) is 0. The van der Waals surface area contributed by atoms with Crippen LogP contribution in [0, 0.1) is 6.92 Å². The number of rotatable bonds is 2. The summed E-state index contributed by atoms with van der Waals surface area (Å²) in [6.45, 7) is 5.61. The van der Waals surface area contributed by atoms with Gasteiger partial charge in [0.2, 0.25) is 0 Å². The molecule has 0 saturated heterocycles. The first-order valence-corrected chi connectivity index (χ1v) is 3.76. The van der Waals surface area contributed by atoms with Crippen LogP contribution in [0.2, 0.25) is 0 Å². The summed E-state index contributed by atoms with van der Waals surface area (Å²) >= 11 is 0. The number of hydrogen-bond acceptors (Lipinski definition) is 4. The van der Waals surface area contributed by atoms with Gasteiger partial charge in [0.25, 0.3) is 0 Å². The van der Waals surface area contributed by atoms with Gasteiger partial charge in [-0.15, -0.1) is 0 Å². The van der Waals surface area contributed by atoms with E-state index in [1.165, 1.54) is 7.11 Å². The Kier molecular flexibility index (Phi) is 2.10. The van der Waals surface area contributed by atoms with Gasteiger partial charge >= 0.3 is 5.95 Å². The Morgan fingerprint density at radius 2 is 2.08 bits per heavy atom. The summed E-state index contributed by atoms with van der Waals surface area (Å²) in [5.74, 6) is 0.403. The van der Waals surface area contributed by atoms with Crippen molar-refractivity contribution in [3.63, 3.8) is 0 Å². The van der Waals surface area contributed by atoms with Crippen LogP contribution in [0.5, 0.6) is 5.95 Å². The lowest BCUT2D eigenvalue weighted by molar-refractivity contribution is 0.253. The van der Waals surface area contributed by atoms with Gasteiger partial charge in [0.15, 0.2) is 0 Å². The minimum absolute atomic E-state index is 0.403. The fourth-order valence-electron chi connectivity index (χ4n) is 1.22. The molecule has 0 unspecified atom stereocenters. The van der Waals surface area contributed by atoms with Crippen molar-refractivity contribution in [1.82, 2.24) is 5.16 Å². The van der Waals surface area contributed by atoms with Crippen LogP contribution in [0.1, 0.15) is 25.1 Å². The van der Waals surface area contributed by atoms with E-state index in [-0.39, 0.29) is 0 Å². The minimum Gasteiger partial charge on any atom is -0.467 e. The molecule has 1 heterocycles. The fourth-order valence-corrected chi connectivity index (χ4v) is 1.22. The molecule has 68 valence electrons. The molecular weight excluding hydrogens is 156 g/mol. The minimum atomic E-state index is -0.477. The highest BCUT2D eigenvalue weighted by Gasteiger charge is 2.26. The lowest BCUT2D eigenvalue weighted by Gasteiger charge is -2.17. The molecule has 1 rings (SSSR count). The standard InChI is InChI=1S/C8H14N2O2/c1-5-6(8(2,3)9)7(11-4)12-10-5/h9H2,1-4H3. The molecule has 0 aromatic carbocycles. The summed E-state index contributed by atoms with van der Waals surface area (Å²) in [6, 6.07) is 0. The van der Waals surface area contributed by atoms with Crippen molar-refractivity contribution in [2.24, 2.45) is 5.73 Å². The van der Waals surface area contributed by atoms with Gasteiger partial charge in [-0.2, -0.15) is 0 Å². The van der Waals surface area contributed by atoms with Gasteiger partial charge in [-0.25, -0.2) is 0 Å². The van der Waals surface area contributed by atoms with Crippen LogP contribution in [0.4, 0.5) is 0 Å². The van der Waals surface area contributed by atoms with E-state index in [0.29, 0.717) is 5.95 Å². The molecule has 0 radical (unpaired) electrons. The highest BCUT2D eigenvalue weighted by molar-refractivity contribution is 5.33. The molecule has 1 aromatic heterocycles. The number of nitrogens with two attached hydrogens (primary N) is 1. The molecule has 0 bridgehead atoms. The number of hydrogen-bond donors (Lipinski definition) is 1. The van der Waals surface area contributed by atoms with Crippen molar-refractivity contribution >= 4 is 0 Å². The van der Waals surface area contributed by atoms with Crippen LogP contribution in [-0.2, 0) is 5.54 Å². The van der Waals surface area contributed by atoms with Crippen LogP contribution in [0.25, 0.3) is 0 Å². The normalized spacial score (nSPS) is 11.8. The molecule has 0 saturated carbocycles. The Morgan fingerprint density at radius 1 is 1.50 bits per heavy atom. The predicted octanol–water partition coefficient (Wildman–Crippen LogP) is 1.19. The summed E-state index contributed by atoms with van der Waals surface area (Å²) in [5.41, 5.74) is 7.02. The first-order valence-electron chi connectivity index (χ1n) is 3.76. The second-order valence-electron chi connectivity index (χ2n) is 3.36. The highest BCUT2D eigenvalue weighted by Crippen LogP contribution is 2.30. The van der Waals surface area contributed by atoms with Gasteiger partial charge in [0, 0.05) is 5.54 Å². The molecule has 0 spiro atoms. The van der Waals surface area contributed by atoms with E-state index in [2.05, 4.69) is 5.16 Å². The highest BCUT2D eigenvalue weighted by atomic mass is 16.6. The van der Waals surface area contributed by atoms with E-state index in [1.807, 2.05) is 20.8 Å². The zero-order chi connectivity index (χ0) is 9.35. The SMILES string of the molecule is COc1onc(C)c1C(C)(C)N. The molecule has 12 heavy (non-hydrogen) atoms. The molecular formula is C8H14N2O2. The number of methoxy groups -OCH3 is 1. The van der Waals surface area contributed by atoms with Gasteiger partial charge < -0.3 is 15.0 Å². The fraction of sp³-hybridized carbons (Fsp3) is 0.625. The van der Waals surface area contributed by atoms with Gasteiger partial charge in [0.1, 0.15) is 0 Å². The molecule has 0 atom stereocenters. The van der Waals surface area contributed by atoms with Crippen LogP contribution >= 0.6 is 0 Å². The molecule has 2 N–H and O–H groups in total. The zero-order valence-electron chi connectivity index (χ0n) is 7.84. The summed E-state index contributed by atoms with van der Waals surface area (Å²) < 4.78 is 9.90. The third-order valence-electron chi connectivity index (χ3n) is 1.66. The molecule has 0 fully saturated rings. The summed E-state index contributed by atoms with van der Waals surface area (Å²) in [5, 5.41) is 3.77. The largest absolute Gasteiger partial charge is 0.467 e. The van der Waals surface area contributed by atoms with Gasteiger partial charge in [-0.05, 0) is 20.8 Å². The van der Waals surface area contributed by atoms with E-state index < -0.39 is 5.54 Å². The lowest BCUT2D eigenvalue weighted by Crippen LogP contribution is -2.29. The van der Waals surface area contributed by atoms with Crippen LogP contribution in [0.3, 0.4) is 0 Å². The molecule has 0 amide bonds. The third-order valence-corrected chi connectivity index (χ3v) is 1.66. The lowest BCUT2D eigenvalue weighted by atomic mass is 9.96. The van der Waals surface area contributed by atoms with Crippen molar-refractivity contribution in [2.75, 3.05) is 7.11 Å². The molecule has 4 heteroatoms. The Balaban J connectivity index is 3.19. The van der Waals surface area contributed by atoms with Gasteiger partial charge in [-0.1, -0.05) is 5.16 Å². The first-order chi connectivity index (χ1) is 5.46. The maximum Gasteiger partial charge on any atom is 0.316 e. The van der Waals surface area contributed by atoms with Crippen LogP contribution in [0.15, 0.2) is 4.52 Å². The number of ether oxygens (including phenoxy) is 1. The molecule has 0 aliphatic heterocycles. The Hall–Kier alpha value is -1.03. The smallest absolute Gasteiger partial charge is 0.316 e. The van der Waals surface area contributed by atoms with Gasteiger partial charge in [-0.3, -0.25) is 0 Å². The Labute approximate surface area is 71.7 Å². The average molecular weight is 170 g/mol. The third kappa shape index (κ3) is 1.43. The number of nitrogens with zero attached hydrogens (tertiary/aromatic N) is 1. The van der Waals surface area contributed by atoms with Gasteiger partial charge in [0.05, 0.1) is 18.4 Å². The van der Waals surface area contributed by atoms with Crippen molar-refractivity contribution in [1.29, 1.82) is 0 Å². The molecule has 4 nitrogen and oxygen atoms in total. The van der Waals surface area contributed by atoms with E-state index in [4.69, 9.17) is 15.0 Å². The Morgan fingerprint density at radius 3 is 2.42 bits per heavy atom. The first kappa shape index (κ1) is 9.06. The van der Waals surface area contributed by atoms with Crippen LogP contribution < -0.4 is 10.5 Å². The number of aryl methyl sites for hydroxylation is 1. The molecule has 0 aliphatic carbocycles. The molecule has 1 aromatic rings. The van der Waals surface area contributed by atoms with Crippen LogP contribution in [-0.4, -0.2) is 12.3 Å². The predicted molar refractivity (Wildman–Crippen MR) is 45.0 cm³/mol. The maximum absolute atomic E-state index is 5.90. The van der Waals surface area contributed by atoms with Crippen molar-refractivity contribution in [3.05, 3.63) is 11.3 Å². The number of aromatic nitrogens is 1. The van der Waals surface area contributed by atoms with E-state index in [9.17, 15) is 0 Å². The summed E-state index contributed by atoms with van der Waals surface area (Å²) in [7, 11) is 1.54. The van der Waals surface area contributed by atoms with Crippen molar-refractivity contribution < 1.29 is 9.26 Å². The van der Waals surface area contributed by atoms with E-state index >= 15 is 0 Å². The second kappa shape index (κ2) is 2.79. The Bertz CT molecular complexity index is 273. The van der Waals surface area contributed by atoms with Crippen molar-refractivity contribution in [2.45, 2.75) is 26.3 Å². The van der Waals surface area contributed by atoms with E-state index in [1.54, 1.807) is 0 Å². The average Bonchev–Trinajstić information content (AvgIpc) is 2.29. The summed E-state index contributed by atoms with van der Waals surface area (Å²) in [6.07, 6.45) is 0. The van der Waals surface area contributed by atoms with E-state index in [0.717, 1.165) is 11.3 Å². The van der Waals surface area contributed by atoms with Crippen molar-refractivity contribution in [3.8, 4) is 5.95 Å². The topological polar surface area (TPSA) is 61.3 Å². The second-order valence-corrected chi connectivity index (χ2v) is 3.36. The maximum atomic E-state index is 5.90. The molecule has 0 aliphatic rings.